The van der Waals surface area contributed by atoms with Crippen molar-refractivity contribution in [3.8, 4) is 0 Å². The predicted octanol–water partition coefficient (Wildman–Crippen LogP) is 2.13. The number of piperidine rings is 1. The molecule has 1 saturated carbocycles. The van der Waals surface area contributed by atoms with Crippen LogP contribution in [0.2, 0.25) is 0 Å². The van der Waals surface area contributed by atoms with E-state index in [1.165, 1.54) is 40.4 Å². The zero-order valence-corrected chi connectivity index (χ0v) is 18.6. The lowest BCUT2D eigenvalue weighted by Crippen LogP contribution is -2.43. The van der Waals surface area contributed by atoms with Crippen molar-refractivity contribution in [1.29, 1.82) is 0 Å². The summed E-state index contributed by atoms with van der Waals surface area (Å²) in [6.45, 7) is 1.07. The van der Waals surface area contributed by atoms with E-state index in [2.05, 4.69) is 20.6 Å². The molecule has 33 heavy (non-hydrogen) atoms. The monoisotopic (exact) mass is 470 g/mol. The predicted molar refractivity (Wildman–Crippen MR) is 123 cm³/mol. The van der Waals surface area contributed by atoms with E-state index in [4.69, 9.17) is 0 Å². The van der Waals surface area contributed by atoms with Crippen molar-refractivity contribution in [2.75, 3.05) is 23.3 Å². The number of fused-ring (bicyclic) bond motifs is 1. The van der Waals surface area contributed by atoms with Gasteiger partial charge in [-0.1, -0.05) is 17.4 Å². The molecule has 2 aliphatic rings. The van der Waals surface area contributed by atoms with Crippen molar-refractivity contribution in [3.63, 3.8) is 0 Å². The third kappa shape index (κ3) is 4.87. The van der Waals surface area contributed by atoms with Crippen molar-refractivity contribution in [2.24, 2.45) is 5.92 Å². The van der Waals surface area contributed by atoms with Crippen LogP contribution in [0, 0.1) is 11.7 Å². The van der Waals surface area contributed by atoms with Crippen LogP contribution in [-0.2, 0) is 16.1 Å². The van der Waals surface area contributed by atoms with Gasteiger partial charge in [0.2, 0.25) is 11.8 Å². The molecule has 11 heteroatoms. The zero-order chi connectivity index (χ0) is 22.9. The van der Waals surface area contributed by atoms with Gasteiger partial charge in [-0.15, -0.1) is 0 Å². The van der Waals surface area contributed by atoms with Crippen molar-refractivity contribution < 1.29 is 14.0 Å². The molecule has 0 bridgehead atoms. The molecule has 1 aliphatic carbocycles. The van der Waals surface area contributed by atoms with Gasteiger partial charge in [-0.05, 0) is 43.9 Å². The smallest absolute Gasteiger partial charge is 0.273 e. The molecule has 1 saturated heterocycles. The molecule has 2 aromatic heterocycles. The van der Waals surface area contributed by atoms with E-state index in [1.54, 1.807) is 6.07 Å². The number of nitrogens with one attached hydrogen (secondary N) is 2. The molecule has 1 aliphatic heterocycles. The van der Waals surface area contributed by atoms with E-state index in [0.717, 1.165) is 32.2 Å². The molecule has 0 spiro atoms. The largest absolute Gasteiger partial charge is 0.353 e. The fourth-order valence-electron chi connectivity index (χ4n) is 3.92. The Morgan fingerprint density at radius 1 is 1.24 bits per heavy atom. The first-order valence-electron chi connectivity index (χ1n) is 10.9. The third-order valence-corrected chi connectivity index (χ3v) is 6.87. The summed E-state index contributed by atoms with van der Waals surface area (Å²) in [7, 11) is 0. The average Bonchev–Trinajstić information content (AvgIpc) is 3.50. The normalized spacial score (nSPS) is 18.3. The standard InChI is InChI=1S/C22H23FN6O3S/c23-14-4-1-5-16(9-14)25-17(30)11-29-12-24-19-18(21(29)32)33-22(27-19)28-8-2-3-13(10-28)20(31)26-15-6-7-15/h1,4-5,9,12-13,15H,2-3,6-8,10-11H2,(H,25,30)(H,26,31). The number of anilines is 2. The summed E-state index contributed by atoms with van der Waals surface area (Å²) < 4.78 is 14.9. The maximum Gasteiger partial charge on any atom is 0.273 e. The molecular formula is C22H23FN6O3S. The second kappa shape index (κ2) is 8.89. The van der Waals surface area contributed by atoms with Crippen molar-refractivity contribution in [3.05, 3.63) is 46.8 Å². The SMILES string of the molecule is O=C(Cn1cnc2nc(N3CCCC(C(=O)NC4CC4)C3)sc2c1=O)Nc1cccc(F)c1. The second-order valence-electron chi connectivity index (χ2n) is 8.45. The van der Waals surface area contributed by atoms with Crippen LogP contribution in [0.25, 0.3) is 10.3 Å². The summed E-state index contributed by atoms with van der Waals surface area (Å²) in [5.41, 5.74) is 0.275. The highest BCUT2D eigenvalue weighted by Gasteiger charge is 2.31. The summed E-state index contributed by atoms with van der Waals surface area (Å²) >= 11 is 1.22. The molecule has 1 unspecified atom stereocenters. The minimum atomic E-state index is -0.464. The van der Waals surface area contributed by atoms with Gasteiger partial charge in [-0.2, -0.15) is 4.98 Å². The van der Waals surface area contributed by atoms with E-state index in [0.29, 0.717) is 33.8 Å². The van der Waals surface area contributed by atoms with Gasteiger partial charge in [-0.3, -0.25) is 19.0 Å². The van der Waals surface area contributed by atoms with Crippen molar-refractivity contribution >= 4 is 44.3 Å². The number of amides is 2. The molecule has 9 nitrogen and oxygen atoms in total. The van der Waals surface area contributed by atoms with Crippen LogP contribution in [-0.4, -0.2) is 45.5 Å². The minimum absolute atomic E-state index is 0.0908. The molecule has 1 atom stereocenters. The quantitative estimate of drug-likeness (QED) is 0.571. The maximum absolute atomic E-state index is 13.3. The Morgan fingerprint density at radius 2 is 2.09 bits per heavy atom. The Morgan fingerprint density at radius 3 is 2.88 bits per heavy atom. The lowest BCUT2D eigenvalue weighted by molar-refractivity contribution is -0.125. The highest BCUT2D eigenvalue weighted by atomic mass is 32.1. The van der Waals surface area contributed by atoms with Crippen LogP contribution in [0.15, 0.2) is 35.4 Å². The van der Waals surface area contributed by atoms with Crippen LogP contribution in [0.4, 0.5) is 15.2 Å². The summed E-state index contributed by atoms with van der Waals surface area (Å²) in [6, 6.07) is 5.87. The number of thiazole rings is 1. The number of carbonyl (C=O) groups excluding carboxylic acids is 2. The maximum atomic E-state index is 13.3. The molecule has 2 N–H and O–H groups in total. The number of carbonyl (C=O) groups is 2. The summed E-state index contributed by atoms with van der Waals surface area (Å²) in [6.07, 6.45) is 5.11. The van der Waals surface area contributed by atoms with Crippen molar-refractivity contribution in [2.45, 2.75) is 38.3 Å². The first-order valence-corrected chi connectivity index (χ1v) is 11.7. The number of nitrogens with zero attached hydrogens (tertiary/aromatic N) is 4. The molecular weight excluding hydrogens is 447 g/mol. The third-order valence-electron chi connectivity index (χ3n) is 5.78. The Balaban J connectivity index is 1.30. The first kappa shape index (κ1) is 21.5. The number of aromatic nitrogens is 3. The summed E-state index contributed by atoms with van der Waals surface area (Å²) in [4.78, 5) is 48.5. The zero-order valence-electron chi connectivity index (χ0n) is 17.8. The lowest BCUT2D eigenvalue weighted by Gasteiger charge is -2.31. The molecule has 2 fully saturated rings. The Labute approximate surface area is 192 Å². The average molecular weight is 471 g/mol. The van der Waals surface area contributed by atoms with Gasteiger partial charge in [-0.25, -0.2) is 9.37 Å². The minimum Gasteiger partial charge on any atom is -0.353 e. The number of rotatable bonds is 6. The number of benzene rings is 1. The summed E-state index contributed by atoms with van der Waals surface area (Å²) in [5.74, 6) is -0.931. The van der Waals surface area contributed by atoms with Crippen LogP contribution in [0.1, 0.15) is 25.7 Å². The molecule has 5 rings (SSSR count). The highest BCUT2D eigenvalue weighted by molar-refractivity contribution is 7.22. The Bertz CT molecular complexity index is 1270. The molecule has 1 aromatic carbocycles. The Hall–Kier alpha value is -3.34. The Kier molecular flexibility index (Phi) is 5.79. The fraction of sp³-hybridized carbons (Fsp3) is 0.409. The number of hydrogen-bond acceptors (Lipinski definition) is 7. The van der Waals surface area contributed by atoms with E-state index in [1.807, 2.05) is 4.90 Å². The van der Waals surface area contributed by atoms with Crippen LogP contribution in [0.3, 0.4) is 0 Å². The van der Waals surface area contributed by atoms with Crippen molar-refractivity contribution in [1.82, 2.24) is 19.9 Å². The van der Waals surface area contributed by atoms with E-state index in [-0.39, 0.29) is 23.9 Å². The van der Waals surface area contributed by atoms with Gasteiger partial charge in [0.25, 0.3) is 5.56 Å². The van der Waals surface area contributed by atoms with Gasteiger partial charge in [0.1, 0.15) is 23.4 Å². The molecule has 172 valence electrons. The molecule has 3 aromatic rings. The van der Waals surface area contributed by atoms with Gasteiger partial charge in [0.05, 0.1) is 5.92 Å². The van der Waals surface area contributed by atoms with E-state index >= 15 is 0 Å². The second-order valence-corrected chi connectivity index (χ2v) is 9.43. The van der Waals surface area contributed by atoms with Crippen LogP contribution in [0.5, 0.6) is 0 Å². The van der Waals surface area contributed by atoms with Gasteiger partial charge < -0.3 is 15.5 Å². The number of hydrogen-bond donors (Lipinski definition) is 2. The molecule has 2 amide bonds. The van der Waals surface area contributed by atoms with Crippen LogP contribution < -0.4 is 21.1 Å². The number of halogens is 1. The highest BCUT2D eigenvalue weighted by Crippen LogP contribution is 2.30. The lowest BCUT2D eigenvalue weighted by atomic mass is 9.97. The fourth-order valence-corrected chi connectivity index (χ4v) is 4.92. The topological polar surface area (TPSA) is 109 Å². The van der Waals surface area contributed by atoms with Gasteiger partial charge >= 0.3 is 0 Å². The first-order chi connectivity index (χ1) is 16.0. The molecule has 0 radical (unpaired) electrons. The summed E-state index contributed by atoms with van der Waals surface area (Å²) in [5, 5.41) is 6.30. The van der Waals surface area contributed by atoms with Gasteiger partial charge in [0, 0.05) is 24.8 Å². The van der Waals surface area contributed by atoms with E-state index in [9.17, 15) is 18.8 Å². The van der Waals surface area contributed by atoms with Crippen LogP contribution >= 0.6 is 11.3 Å². The van der Waals surface area contributed by atoms with E-state index < -0.39 is 11.7 Å². The molecule has 3 heterocycles. The van der Waals surface area contributed by atoms with Gasteiger partial charge in [0.15, 0.2) is 10.8 Å².